The lowest BCUT2D eigenvalue weighted by Gasteiger charge is -2.24. The zero-order chi connectivity index (χ0) is 9.19. The Labute approximate surface area is 71.1 Å². The van der Waals surface area contributed by atoms with Gasteiger partial charge >= 0.3 is 5.97 Å². The highest BCUT2D eigenvalue weighted by Crippen LogP contribution is 2.24. The number of carboxylic acids is 1. The zero-order valence-electron chi connectivity index (χ0n) is 5.97. The molecule has 6 heteroatoms. The highest BCUT2D eigenvalue weighted by atomic mass is 32.2. The third-order valence-electron chi connectivity index (χ3n) is 1.43. The summed E-state index contributed by atoms with van der Waals surface area (Å²) in [6.45, 7) is 0. The summed E-state index contributed by atoms with van der Waals surface area (Å²) in [4.78, 5) is 12.3. The molecule has 1 N–H and O–H groups in total. The Balaban J connectivity index is 2.88. The first-order chi connectivity index (χ1) is 5.57. The van der Waals surface area contributed by atoms with Crippen molar-refractivity contribution in [1.82, 2.24) is 0 Å². The topological polar surface area (TPSA) is 89.8 Å². The van der Waals surface area contributed by atoms with Crippen LogP contribution < -0.4 is 0 Å². The number of carbonyl (C=O) groups is 1. The number of aliphatic imine (C=N–C) groups is 1. The van der Waals surface area contributed by atoms with Crippen LogP contribution in [0.5, 0.6) is 0 Å². The summed E-state index contributed by atoms with van der Waals surface area (Å²) >= 11 is -2.54. The molecule has 1 aliphatic rings. The molecule has 0 aromatic heterocycles. The van der Waals surface area contributed by atoms with Gasteiger partial charge < -0.3 is 9.66 Å². The lowest BCUT2D eigenvalue weighted by atomic mass is 10.2. The van der Waals surface area contributed by atoms with Crippen LogP contribution in [-0.4, -0.2) is 30.9 Å². The van der Waals surface area contributed by atoms with Crippen molar-refractivity contribution in [3.8, 4) is 0 Å². The number of nitrogens with zero attached hydrogens (tertiary/aromatic N) is 1. The van der Waals surface area contributed by atoms with Gasteiger partial charge in [-0.3, -0.25) is 14.0 Å². The number of rotatable bonds is 3. The van der Waals surface area contributed by atoms with Gasteiger partial charge in [0, 0.05) is 6.21 Å². The van der Waals surface area contributed by atoms with Crippen LogP contribution in [0.3, 0.4) is 0 Å². The van der Waals surface area contributed by atoms with Crippen LogP contribution in [0.1, 0.15) is 6.42 Å². The number of hydrogen-bond donors (Lipinski definition) is 1. The molecule has 0 radical (unpaired) electrons. The lowest BCUT2D eigenvalue weighted by Crippen LogP contribution is -2.31. The molecule has 0 aromatic rings. The minimum Gasteiger partial charge on any atom is -0.770 e. The Bertz CT molecular complexity index is 271. The molecule has 0 fully saturated rings. The standard InChI is InChI=1S/C6H7NO4S/c8-5(9)4-6(12(10)11)2-1-3-7-6/h1-3H,4H2,(H,8,9)(H,10,11)/p-1. The van der Waals surface area contributed by atoms with Crippen LogP contribution in [0.25, 0.3) is 0 Å². The molecule has 0 spiro atoms. The minimum absolute atomic E-state index is 0.532. The first kappa shape index (κ1) is 9.08. The molecule has 0 amide bonds. The Morgan fingerprint density at radius 3 is 2.75 bits per heavy atom. The van der Waals surface area contributed by atoms with E-state index >= 15 is 0 Å². The molecule has 2 unspecified atom stereocenters. The van der Waals surface area contributed by atoms with E-state index in [4.69, 9.17) is 5.11 Å². The van der Waals surface area contributed by atoms with E-state index in [1.807, 2.05) is 0 Å². The third-order valence-corrected chi connectivity index (χ3v) is 2.39. The SMILES string of the molecule is O=C(O)CC1(S(=O)[O-])C=CC=N1. The lowest BCUT2D eigenvalue weighted by molar-refractivity contribution is -0.137. The maximum atomic E-state index is 10.6. The van der Waals surface area contributed by atoms with E-state index < -0.39 is 28.3 Å². The summed E-state index contributed by atoms with van der Waals surface area (Å²) in [6, 6.07) is 0. The van der Waals surface area contributed by atoms with E-state index in [1.54, 1.807) is 0 Å². The molecule has 66 valence electrons. The molecule has 1 heterocycles. The average molecular weight is 188 g/mol. The Kier molecular flexibility index (Phi) is 2.39. The second kappa shape index (κ2) is 3.16. The Morgan fingerprint density at radius 2 is 2.42 bits per heavy atom. The highest BCUT2D eigenvalue weighted by Gasteiger charge is 2.32. The first-order valence-corrected chi connectivity index (χ1v) is 4.18. The van der Waals surface area contributed by atoms with Crippen LogP contribution in [0.2, 0.25) is 0 Å². The van der Waals surface area contributed by atoms with Gasteiger partial charge in [-0.15, -0.1) is 0 Å². The molecule has 1 aliphatic heterocycles. The fourth-order valence-electron chi connectivity index (χ4n) is 0.884. The van der Waals surface area contributed by atoms with Crippen molar-refractivity contribution in [2.24, 2.45) is 4.99 Å². The molecule has 0 aliphatic carbocycles. The van der Waals surface area contributed by atoms with Crippen LogP contribution in [-0.2, 0) is 15.9 Å². The fraction of sp³-hybridized carbons (Fsp3) is 0.333. The van der Waals surface area contributed by atoms with E-state index in [-0.39, 0.29) is 0 Å². The summed E-state index contributed by atoms with van der Waals surface area (Å²) < 4.78 is 21.3. The minimum atomic E-state index is -2.54. The average Bonchev–Trinajstić information content (AvgIpc) is 2.35. The van der Waals surface area contributed by atoms with Crippen molar-refractivity contribution < 1.29 is 18.7 Å². The number of aliphatic carboxylic acids is 1. The Hall–Kier alpha value is -1.01. The van der Waals surface area contributed by atoms with Gasteiger partial charge in [-0.1, -0.05) is 0 Å². The normalized spacial score (nSPS) is 29.1. The van der Waals surface area contributed by atoms with E-state index in [0.29, 0.717) is 0 Å². The van der Waals surface area contributed by atoms with Gasteiger partial charge in [0.25, 0.3) is 0 Å². The third kappa shape index (κ3) is 1.59. The second-order valence-corrected chi connectivity index (χ2v) is 3.46. The summed E-state index contributed by atoms with van der Waals surface area (Å²) in [5.41, 5.74) is 0. The zero-order valence-corrected chi connectivity index (χ0v) is 6.78. The van der Waals surface area contributed by atoms with Gasteiger partial charge in [0.05, 0.1) is 6.42 Å². The molecule has 0 aromatic carbocycles. The molecule has 0 saturated heterocycles. The summed E-state index contributed by atoms with van der Waals surface area (Å²) in [7, 11) is 0. The van der Waals surface area contributed by atoms with Gasteiger partial charge in [0.1, 0.15) is 0 Å². The fourth-order valence-corrected chi connectivity index (χ4v) is 1.46. The van der Waals surface area contributed by atoms with E-state index in [1.165, 1.54) is 18.4 Å². The van der Waals surface area contributed by atoms with E-state index in [2.05, 4.69) is 4.99 Å². The van der Waals surface area contributed by atoms with Gasteiger partial charge in [-0.2, -0.15) is 0 Å². The van der Waals surface area contributed by atoms with Crippen molar-refractivity contribution in [2.45, 2.75) is 11.3 Å². The van der Waals surface area contributed by atoms with Crippen LogP contribution in [0, 0.1) is 0 Å². The smallest absolute Gasteiger partial charge is 0.307 e. The number of carboxylic acid groups (broad SMARTS) is 1. The predicted molar refractivity (Wildman–Crippen MR) is 41.5 cm³/mol. The van der Waals surface area contributed by atoms with Gasteiger partial charge in [-0.05, 0) is 23.2 Å². The van der Waals surface area contributed by atoms with Crippen molar-refractivity contribution >= 4 is 23.3 Å². The summed E-state index contributed by atoms with van der Waals surface area (Å²) in [5, 5.41) is 8.41. The largest absolute Gasteiger partial charge is 0.770 e. The highest BCUT2D eigenvalue weighted by molar-refractivity contribution is 7.80. The quantitative estimate of drug-likeness (QED) is 0.614. The molecular weight excluding hydrogens is 182 g/mol. The Morgan fingerprint density at radius 1 is 1.75 bits per heavy atom. The van der Waals surface area contributed by atoms with Crippen molar-refractivity contribution in [2.75, 3.05) is 0 Å². The number of hydrogen-bond acceptors (Lipinski definition) is 4. The van der Waals surface area contributed by atoms with Gasteiger partial charge in [-0.25, -0.2) is 0 Å². The van der Waals surface area contributed by atoms with Crippen LogP contribution >= 0.6 is 0 Å². The summed E-state index contributed by atoms with van der Waals surface area (Å²) in [6.07, 6.45) is 3.41. The van der Waals surface area contributed by atoms with Gasteiger partial charge in [0.2, 0.25) is 0 Å². The molecule has 0 bridgehead atoms. The second-order valence-electron chi connectivity index (χ2n) is 2.29. The predicted octanol–water partition coefficient (Wildman–Crippen LogP) is -0.323. The molecule has 2 atom stereocenters. The number of allylic oxidation sites excluding steroid dienone is 1. The molecule has 0 saturated carbocycles. The molecule has 5 nitrogen and oxygen atoms in total. The van der Waals surface area contributed by atoms with Crippen LogP contribution in [0.15, 0.2) is 17.1 Å². The van der Waals surface area contributed by atoms with Crippen molar-refractivity contribution in [1.29, 1.82) is 0 Å². The summed E-state index contributed by atoms with van der Waals surface area (Å²) in [5.74, 6) is -1.19. The monoisotopic (exact) mass is 188 g/mol. The molecular formula is C6H6NO4S-. The van der Waals surface area contributed by atoms with Gasteiger partial charge in [0.15, 0.2) is 4.87 Å². The van der Waals surface area contributed by atoms with Crippen molar-refractivity contribution in [3.63, 3.8) is 0 Å². The maximum absolute atomic E-state index is 10.6. The molecule has 12 heavy (non-hydrogen) atoms. The first-order valence-electron chi connectivity index (χ1n) is 3.11. The molecule has 1 rings (SSSR count). The van der Waals surface area contributed by atoms with Crippen molar-refractivity contribution in [3.05, 3.63) is 12.2 Å². The van der Waals surface area contributed by atoms with Crippen LogP contribution in [0.4, 0.5) is 0 Å². The van der Waals surface area contributed by atoms with E-state index in [9.17, 15) is 13.6 Å². The maximum Gasteiger partial charge on any atom is 0.307 e. The van der Waals surface area contributed by atoms with E-state index in [0.717, 1.165) is 0 Å².